The van der Waals surface area contributed by atoms with Gasteiger partial charge in [0.05, 0.1) is 12.2 Å². The van der Waals surface area contributed by atoms with Crippen molar-refractivity contribution < 1.29 is 9.18 Å². The van der Waals surface area contributed by atoms with Gasteiger partial charge in [0, 0.05) is 36.0 Å². The SMILES string of the molecule is CCn1ncc2c1CCC[C@H]2N[C@H](C)C(=O)NCc1ccccc1F. The molecule has 1 heterocycles. The van der Waals surface area contributed by atoms with Crippen LogP contribution < -0.4 is 10.6 Å². The Morgan fingerprint density at radius 2 is 2.24 bits per heavy atom. The van der Waals surface area contributed by atoms with Gasteiger partial charge >= 0.3 is 0 Å². The van der Waals surface area contributed by atoms with Crippen LogP contribution in [0.25, 0.3) is 0 Å². The van der Waals surface area contributed by atoms with Gasteiger partial charge in [0.1, 0.15) is 5.82 Å². The highest BCUT2D eigenvalue weighted by atomic mass is 19.1. The number of amides is 1. The van der Waals surface area contributed by atoms with Crippen LogP contribution in [0.1, 0.15) is 49.6 Å². The third-order valence-corrected chi connectivity index (χ3v) is 4.82. The van der Waals surface area contributed by atoms with E-state index in [0.29, 0.717) is 5.56 Å². The molecule has 1 aromatic heterocycles. The van der Waals surface area contributed by atoms with Gasteiger partial charge in [0.15, 0.2) is 0 Å². The second-order valence-electron chi connectivity index (χ2n) is 6.50. The summed E-state index contributed by atoms with van der Waals surface area (Å²) in [6, 6.07) is 6.27. The van der Waals surface area contributed by atoms with Crippen LogP contribution >= 0.6 is 0 Å². The van der Waals surface area contributed by atoms with E-state index in [1.165, 1.54) is 17.3 Å². The number of hydrogen-bond donors (Lipinski definition) is 2. The van der Waals surface area contributed by atoms with E-state index in [-0.39, 0.29) is 30.4 Å². The van der Waals surface area contributed by atoms with Gasteiger partial charge in [-0.1, -0.05) is 18.2 Å². The first kappa shape index (κ1) is 17.6. The summed E-state index contributed by atoms with van der Waals surface area (Å²) in [4.78, 5) is 12.4. The summed E-state index contributed by atoms with van der Waals surface area (Å²) in [6.07, 6.45) is 5.03. The predicted octanol–water partition coefficient (Wildman–Crippen LogP) is 2.71. The lowest BCUT2D eigenvalue weighted by atomic mass is 9.92. The second kappa shape index (κ2) is 7.78. The van der Waals surface area contributed by atoms with Crippen LogP contribution in [0.5, 0.6) is 0 Å². The monoisotopic (exact) mass is 344 g/mol. The van der Waals surface area contributed by atoms with E-state index >= 15 is 0 Å². The number of carbonyl (C=O) groups is 1. The molecule has 6 heteroatoms. The number of nitrogens with zero attached hydrogens (tertiary/aromatic N) is 2. The molecule has 2 atom stereocenters. The molecule has 2 N–H and O–H groups in total. The number of benzene rings is 1. The van der Waals surface area contributed by atoms with E-state index in [9.17, 15) is 9.18 Å². The fraction of sp³-hybridized carbons (Fsp3) is 0.474. The van der Waals surface area contributed by atoms with Crippen LogP contribution in [0.15, 0.2) is 30.5 Å². The molecule has 0 saturated carbocycles. The van der Waals surface area contributed by atoms with Crippen LogP contribution in [0.4, 0.5) is 4.39 Å². The van der Waals surface area contributed by atoms with Gasteiger partial charge in [-0.25, -0.2) is 4.39 Å². The molecule has 1 aliphatic carbocycles. The Balaban J connectivity index is 1.59. The minimum absolute atomic E-state index is 0.127. The van der Waals surface area contributed by atoms with Gasteiger partial charge in [0.2, 0.25) is 5.91 Å². The predicted molar refractivity (Wildman–Crippen MR) is 94.4 cm³/mol. The number of fused-ring (bicyclic) bond motifs is 1. The molecule has 0 bridgehead atoms. The molecule has 2 aromatic rings. The molecule has 1 amide bonds. The number of rotatable bonds is 6. The third-order valence-electron chi connectivity index (χ3n) is 4.82. The first-order valence-electron chi connectivity index (χ1n) is 8.92. The second-order valence-corrected chi connectivity index (χ2v) is 6.50. The zero-order chi connectivity index (χ0) is 17.8. The lowest BCUT2D eigenvalue weighted by Crippen LogP contribution is -2.44. The molecule has 5 nitrogen and oxygen atoms in total. The zero-order valence-corrected chi connectivity index (χ0v) is 14.8. The molecule has 0 fully saturated rings. The maximum absolute atomic E-state index is 13.6. The van der Waals surface area contributed by atoms with Crippen LogP contribution in [-0.4, -0.2) is 21.7 Å². The number of carbonyl (C=O) groups excluding carboxylic acids is 1. The largest absolute Gasteiger partial charge is 0.351 e. The number of halogens is 1. The van der Waals surface area contributed by atoms with Crippen molar-refractivity contribution in [3.63, 3.8) is 0 Å². The highest BCUT2D eigenvalue weighted by Crippen LogP contribution is 2.29. The lowest BCUT2D eigenvalue weighted by molar-refractivity contribution is -0.123. The van der Waals surface area contributed by atoms with E-state index in [1.807, 2.05) is 17.8 Å². The standard InChI is InChI=1S/C19H25FN4O/c1-3-24-18-10-6-9-17(15(18)12-22-24)23-13(2)19(25)21-11-14-7-4-5-8-16(14)20/h4-5,7-8,12-13,17,23H,3,6,9-11H2,1-2H3,(H,21,25)/t13-,17-/m1/s1. The average molecular weight is 344 g/mol. The van der Waals surface area contributed by atoms with Crippen LogP contribution in [0.2, 0.25) is 0 Å². The van der Waals surface area contributed by atoms with Gasteiger partial charge in [-0.15, -0.1) is 0 Å². The van der Waals surface area contributed by atoms with Crippen molar-refractivity contribution in [2.24, 2.45) is 0 Å². The molecule has 134 valence electrons. The smallest absolute Gasteiger partial charge is 0.237 e. The average Bonchev–Trinajstić information content (AvgIpc) is 3.05. The van der Waals surface area contributed by atoms with Gasteiger partial charge < -0.3 is 5.32 Å². The molecular weight excluding hydrogens is 319 g/mol. The van der Waals surface area contributed by atoms with Crippen molar-refractivity contribution in [3.05, 3.63) is 53.1 Å². The Morgan fingerprint density at radius 1 is 1.44 bits per heavy atom. The van der Waals surface area contributed by atoms with Crippen molar-refractivity contribution in [1.29, 1.82) is 0 Å². The first-order chi connectivity index (χ1) is 12.1. The fourth-order valence-corrected chi connectivity index (χ4v) is 3.42. The van der Waals surface area contributed by atoms with Gasteiger partial charge in [-0.2, -0.15) is 5.10 Å². The minimum Gasteiger partial charge on any atom is -0.351 e. The Kier molecular flexibility index (Phi) is 5.48. The van der Waals surface area contributed by atoms with E-state index in [4.69, 9.17) is 0 Å². The number of nitrogens with one attached hydrogen (secondary N) is 2. The normalized spacial score (nSPS) is 17.8. The van der Waals surface area contributed by atoms with Crippen LogP contribution in [-0.2, 0) is 24.3 Å². The first-order valence-corrected chi connectivity index (χ1v) is 8.92. The summed E-state index contributed by atoms with van der Waals surface area (Å²) in [5.41, 5.74) is 2.96. The van der Waals surface area contributed by atoms with Crippen molar-refractivity contribution in [3.8, 4) is 0 Å². The maximum atomic E-state index is 13.6. The highest BCUT2D eigenvalue weighted by Gasteiger charge is 2.26. The molecule has 0 aliphatic heterocycles. The molecular formula is C19H25FN4O. The molecule has 0 saturated heterocycles. The van der Waals surface area contributed by atoms with Crippen LogP contribution in [0.3, 0.4) is 0 Å². The molecule has 1 aromatic carbocycles. The summed E-state index contributed by atoms with van der Waals surface area (Å²) < 4.78 is 15.7. The summed E-state index contributed by atoms with van der Waals surface area (Å²) in [5, 5.41) is 10.7. The minimum atomic E-state index is -0.354. The molecule has 25 heavy (non-hydrogen) atoms. The van der Waals surface area contributed by atoms with Crippen LogP contribution in [0, 0.1) is 5.82 Å². The number of aromatic nitrogens is 2. The zero-order valence-electron chi connectivity index (χ0n) is 14.8. The molecule has 3 rings (SSSR count). The number of aryl methyl sites for hydroxylation is 1. The van der Waals surface area contributed by atoms with Gasteiger partial charge in [-0.3, -0.25) is 14.8 Å². The van der Waals surface area contributed by atoms with E-state index in [0.717, 1.165) is 25.8 Å². The van der Waals surface area contributed by atoms with E-state index < -0.39 is 0 Å². The maximum Gasteiger partial charge on any atom is 0.237 e. The van der Waals surface area contributed by atoms with Crippen molar-refractivity contribution in [2.45, 2.75) is 58.3 Å². The summed E-state index contributed by atoms with van der Waals surface area (Å²) in [7, 11) is 0. The van der Waals surface area contributed by atoms with Gasteiger partial charge in [0.25, 0.3) is 0 Å². The third kappa shape index (κ3) is 3.90. The number of hydrogen-bond acceptors (Lipinski definition) is 3. The van der Waals surface area contributed by atoms with Gasteiger partial charge in [-0.05, 0) is 39.2 Å². The molecule has 0 unspecified atom stereocenters. The fourth-order valence-electron chi connectivity index (χ4n) is 3.42. The van der Waals surface area contributed by atoms with E-state index in [2.05, 4.69) is 22.7 Å². The Labute approximate surface area is 147 Å². The Bertz CT molecular complexity index is 743. The lowest BCUT2D eigenvalue weighted by Gasteiger charge is -2.27. The topological polar surface area (TPSA) is 59.0 Å². The highest BCUT2D eigenvalue weighted by molar-refractivity contribution is 5.81. The molecule has 0 radical (unpaired) electrons. The van der Waals surface area contributed by atoms with Crippen molar-refractivity contribution in [2.75, 3.05) is 0 Å². The van der Waals surface area contributed by atoms with E-state index in [1.54, 1.807) is 18.2 Å². The molecule has 1 aliphatic rings. The molecule has 0 spiro atoms. The summed E-state index contributed by atoms with van der Waals surface area (Å²) in [6.45, 7) is 4.99. The summed E-state index contributed by atoms with van der Waals surface area (Å²) >= 11 is 0. The quantitative estimate of drug-likeness (QED) is 0.847. The van der Waals surface area contributed by atoms with Crippen molar-refractivity contribution in [1.82, 2.24) is 20.4 Å². The Hall–Kier alpha value is -2.21. The van der Waals surface area contributed by atoms with Crippen molar-refractivity contribution >= 4 is 5.91 Å². The summed E-state index contributed by atoms with van der Waals surface area (Å²) in [5.74, 6) is -0.425. The Morgan fingerprint density at radius 3 is 3.00 bits per heavy atom.